The van der Waals surface area contributed by atoms with Crippen molar-refractivity contribution in [3.05, 3.63) is 34.4 Å². The molecular weight excluding hydrogens is 342 g/mol. The van der Waals surface area contributed by atoms with Gasteiger partial charge < -0.3 is 4.74 Å². The summed E-state index contributed by atoms with van der Waals surface area (Å²) in [7, 11) is 0. The van der Waals surface area contributed by atoms with Crippen LogP contribution >= 0.6 is 0 Å². The van der Waals surface area contributed by atoms with Gasteiger partial charge >= 0.3 is 0 Å². The Bertz CT molecular complexity index is 651. The Balaban J connectivity index is 1.29. The van der Waals surface area contributed by atoms with Gasteiger partial charge in [0.25, 0.3) is 0 Å². The van der Waals surface area contributed by atoms with E-state index >= 15 is 0 Å². The molecule has 0 bridgehead atoms. The summed E-state index contributed by atoms with van der Waals surface area (Å²) in [6, 6.07) is 1.80. The summed E-state index contributed by atoms with van der Waals surface area (Å²) in [5, 5.41) is 0. The second-order valence-electron chi connectivity index (χ2n) is 9.55. The van der Waals surface area contributed by atoms with Crippen LogP contribution in [0.1, 0.15) is 87.5 Å². The fraction of sp³-hybridized carbons (Fsp3) is 0.750. The van der Waals surface area contributed by atoms with E-state index in [0.29, 0.717) is 30.1 Å². The normalized spacial score (nSPS) is 33.9. The van der Waals surface area contributed by atoms with E-state index in [4.69, 9.17) is 4.74 Å². The third-order valence-electron chi connectivity index (χ3n) is 7.66. The highest BCUT2D eigenvalue weighted by Crippen LogP contribution is 2.42. The number of hydrogen-bond acceptors (Lipinski definition) is 1. The van der Waals surface area contributed by atoms with Crippen molar-refractivity contribution in [2.75, 3.05) is 6.61 Å². The van der Waals surface area contributed by atoms with E-state index in [1.54, 1.807) is 6.07 Å². The lowest BCUT2D eigenvalue weighted by molar-refractivity contribution is 0.147. The van der Waals surface area contributed by atoms with Crippen LogP contribution in [-0.4, -0.2) is 6.61 Å². The number of benzene rings is 1. The molecule has 4 rings (SSSR count). The summed E-state index contributed by atoms with van der Waals surface area (Å²) in [6.45, 7) is 4.81. The molecule has 0 aromatic heterocycles. The van der Waals surface area contributed by atoms with Gasteiger partial charge in [0, 0.05) is 5.56 Å². The molecule has 1 aromatic rings. The number of halogens is 2. The first-order valence-electron chi connectivity index (χ1n) is 11.1. The van der Waals surface area contributed by atoms with Crippen LogP contribution in [0.25, 0.3) is 0 Å². The molecule has 27 heavy (non-hydrogen) atoms. The lowest BCUT2D eigenvalue weighted by atomic mass is 9.69. The predicted octanol–water partition coefficient (Wildman–Crippen LogP) is 6.91. The lowest BCUT2D eigenvalue weighted by Crippen LogP contribution is -2.25. The third-order valence-corrected chi connectivity index (χ3v) is 7.66. The summed E-state index contributed by atoms with van der Waals surface area (Å²) in [4.78, 5) is 0. The molecular formula is C24H34F2O. The monoisotopic (exact) mass is 376 g/mol. The maximum absolute atomic E-state index is 14.6. The van der Waals surface area contributed by atoms with E-state index in [0.717, 1.165) is 29.7 Å². The van der Waals surface area contributed by atoms with Crippen molar-refractivity contribution in [1.29, 1.82) is 0 Å². The summed E-state index contributed by atoms with van der Waals surface area (Å²) in [5.41, 5.74) is 1.86. The first-order valence-corrected chi connectivity index (χ1v) is 11.1. The molecule has 1 nitrogen and oxygen atoms in total. The van der Waals surface area contributed by atoms with Gasteiger partial charge in [-0.15, -0.1) is 0 Å². The largest absolute Gasteiger partial charge is 0.368 e. The number of rotatable bonds is 5. The van der Waals surface area contributed by atoms with Crippen molar-refractivity contribution in [2.45, 2.75) is 84.2 Å². The molecule has 150 valence electrons. The molecule has 2 saturated carbocycles. The van der Waals surface area contributed by atoms with Crippen LogP contribution in [0.4, 0.5) is 8.78 Å². The second-order valence-corrected chi connectivity index (χ2v) is 9.55. The van der Waals surface area contributed by atoms with Crippen molar-refractivity contribution in [1.82, 2.24) is 0 Å². The van der Waals surface area contributed by atoms with E-state index < -0.39 is 11.6 Å². The minimum atomic E-state index is -0.687. The Labute approximate surface area is 162 Å². The molecule has 1 saturated heterocycles. The van der Waals surface area contributed by atoms with Gasteiger partial charge in [0.2, 0.25) is 0 Å². The highest BCUT2D eigenvalue weighted by molar-refractivity contribution is 5.36. The van der Waals surface area contributed by atoms with Gasteiger partial charge in [-0.1, -0.05) is 32.6 Å². The maximum Gasteiger partial charge on any atom is 0.165 e. The molecule has 3 aliphatic rings. The van der Waals surface area contributed by atoms with E-state index in [9.17, 15) is 8.78 Å². The van der Waals surface area contributed by atoms with Crippen molar-refractivity contribution in [3.8, 4) is 0 Å². The van der Waals surface area contributed by atoms with Gasteiger partial charge in [0.05, 0.1) is 6.61 Å². The summed E-state index contributed by atoms with van der Waals surface area (Å²) in [6.07, 6.45) is 12.3. The maximum atomic E-state index is 14.6. The third kappa shape index (κ3) is 4.39. The molecule has 0 N–H and O–H groups in total. The van der Waals surface area contributed by atoms with Crippen LogP contribution in [0.2, 0.25) is 0 Å². The molecule has 0 amide bonds. The smallest absolute Gasteiger partial charge is 0.165 e. The molecule has 1 atom stereocenters. The summed E-state index contributed by atoms with van der Waals surface area (Å²) in [5.74, 6) is 2.15. The first kappa shape index (κ1) is 19.4. The van der Waals surface area contributed by atoms with E-state index in [1.807, 2.05) is 6.92 Å². The quantitative estimate of drug-likeness (QED) is 0.509. The number of aryl methyl sites for hydroxylation is 1. The van der Waals surface area contributed by atoms with Crippen LogP contribution in [-0.2, 0) is 11.2 Å². The Morgan fingerprint density at radius 1 is 0.926 bits per heavy atom. The van der Waals surface area contributed by atoms with Crippen LogP contribution < -0.4 is 0 Å². The first-order chi connectivity index (χ1) is 13.0. The standard InChI is InChI=1S/C24H34F2O/c1-15-3-8-18(9-4-15)19-10-5-17(6-11-19)7-12-20-16(2)13-21(22-14-27-22)24(26)23(20)25/h13,15,17-19,22H,3-12,14H2,1-2H3. The van der Waals surface area contributed by atoms with Gasteiger partial charge in [0.1, 0.15) is 6.10 Å². The Hall–Kier alpha value is -0.960. The summed E-state index contributed by atoms with van der Waals surface area (Å²) < 4.78 is 34.0. The van der Waals surface area contributed by atoms with Crippen molar-refractivity contribution in [2.24, 2.45) is 23.7 Å². The highest BCUT2D eigenvalue weighted by atomic mass is 19.2. The molecule has 1 aromatic carbocycles. The number of epoxide rings is 1. The Morgan fingerprint density at radius 2 is 1.52 bits per heavy atom. The average Bonchev–Trinajstić information content (AvgIpc) is 3.51. The zero-order valence-corrected chi connectivity index (χ0v) is 16.9. The molecule has 0 spiro atoms. The van der Waals surface area contributed by atoms with Crippen LogP contribution in [0.3, 0.4) is 0 Å². The Kier molecular flexibility index (Phi) is 5.87. The topological polar surface area (TPSA) is 12.5 Å². The zero-order chi connectivity index (χ0) is 19.0. The fourth-order valence-corrected chi connectivity index (χ4v) is 5.64. The minimum Gasteiger partial charge on any atom is -0.368 e. The average molecular weight is 377 g/mol. The van der Waals surface area contributed by atoms with Gasteiger partial charge in [-0.2, -0.15) is 0 Å². The van der Waals surface area contributed by atoms with Crippen LogP contribution in [0, 0.1) is 42.2 Å². The van der Waals surface area contributed by atoms with Crippen LogP contribution in [0.15, 0.2) is 6.07 Å². The molecule has 1 heterocycles. The zero-order valence-electron chi connectivity index (χ0n) is 16.9. The van der Waals surface area contributed by atoms with Gasteiger partial charge in [0.15, 0.2) is 11.6 Å². The predicted molar refractivity (Wildman–Crippen MR) is 105 cm³/mol. The molecule has 2 aliphatic carbocycles. The van der Waals surface area contributed by atoms with Crippen LogP contribution in [0.5, 0.6) is 0 Å². The SMILES string of the molecule is Cc1cc(C2CO2)c(F)c(F)c1CCC1CCC(C2CCC(C)CC2)CC1. The molecule has 1 unspecified atom stereocenters. The van der Waals surface area contributed by atoms with Gasteiger partial charge in [-0.25, -0.2) is 8.78 Å². The van der Waals surface area contributed by atoms with Crippen molar-refractivity contribution in [3.63, 3.8) is 0 Å². The Morgan fingerprint density at radius 3 is 2.11 bits per heavy atom. The van der Waals surface area contributed by atoms with E-state index in [2.05, 4.69) is 6.92 Å². The highest BCUT2D eigenvalue weighted by Gasteiger charge is 2.32. The molecule has 1 aliphatic heterocycles. The minimum absolute atomic E-state index is 0.231. The summed E-state index contributed by atoms with van der Waals surface area (Å²) >= 11 is 0. The van der Waals surface area contributed by atoms with E-state index in [-0.39, 0.29) is 6.10 Å². The number of ether oxygens (including phenoxy) is 1. The van der Waals surface area contributed by atoms with Gasteiger partial charge in [-0.05, 0) is 86.3 Å². The second kappa shape index (κ2) is 8.19. The molecule has 0 radical (unpaired) electrons. The lowest BCUT2D eigenvalue weighted by Gasteiger charge is -2.37. The fourth-order valence-electron chi connectivity index (χ4n) is 5.64. The molecule has 3 fully saturated rings. The number of hydrogen-bond donors (Lipinski definition) is 0. The van der Waals surface area contributed by atoms with Crippen molar-refractivity contribution >= 4 is 0 Å². The van der Waals surface area contributed by atoms with Crippen molar-refractivity contribution < 1.29 is 13.5 Å². The van der Waals surface area contributed by atoms with E-state index in [1.165, 1.54) is 51.4 Å². The molecule has 3 heteroatoms. The van der Waals surface area contributed by atoms with Gasteiger partial charge in [-0.3, -0.25) is 0 Å².